The highest BCUT2D eigenvalue weighted by Gasteiger charge is 2.33. The summed E-state index contributed by atoms with van der Waals surface area (Å²) in [5, 5.41) is 10.4. The molecular formula is C35H46O10. The fourth-order valence-corrected chi connectivity index (χ4v) is 4.96. The summed E-state index contributed by atoms with van der Waals surface area (Å²) in [6, 6.07) is 12.2. The molecule has 1 atom stereocenters. The molecule has 0 saturated heterocycles. The first-order valence-corrected chi connectivity index (χ1v) is 16.0. The van der Waals surface area contributed by atoms with Crippen molar-refractivity contribution in [3.63, 3.8) is 0 Å². The van der Waals surface area contributed by atoms with Crippen molar-refractivity contribution >= 4 is 24.1 Å². The molecule has 2 aromatic rings. The Kier molecular flexibility index (Phi) is 14.3. The van der Waals surface area contributed by atoms with Crippen LogP contribution in [0.4, 0.5) is 4.79 Å². The molecule has 0 aromatic heterocycles. The van der Waals surface area contributed by atoms with Crippen LogP contribution < -0.4 is 18.9 Å². The van der Waals surface area contributed by atoms with Gasteiger partial charge in [0, 0.05) is 0 Å². The Balaban J connectivity index is 1.38. The standard InChI is InChI=1S/C35H46O10/c1-4-6-8-10-24-41-34(39)45-30-21-17-28(18-22-30)43-32(37)26-13-11-25(12-14-26)31(36)42-27-15-19-29(20-16-27)44-33(38)35(3,40)23-9-7-5-2/h15-22,25-26,40H,4-14,23-24H2,1-3H3. The summed E-state index contributed by atoms with van der Waals surface area (Å²) < 4.78 is 26.6. The van der Waals surface area contributed by atoms with Crippen LogP contribution in [0.15, 0.2) is 48.5 Å². The van der Waals surface area contributed by atoms with Crippen LogP contribution in [0.3, 0.4) is 0 Å². The lowest BCUT2D eigenvalue weighted by atomic mass is 9.82. The molecule has 2 aromatic carbocycles. The second kappa shape index (κ2) is 18.1. The van der Waals surface area contributed by atoms with Gasteiger partial charge in [0.25, 0.3) is 0 Å². The maximum Gasteiger partial charge on any atom is 0.513 e. The highest BCUT2D eigenvalue weighted by Crippen LogP contribution is 2.32. The lowest BCUT2D eigenvalue weighted by Crippen LogP contribution is -2.38. The molecule has 1 N–H and O–H groups in total. The second-order valence-corrected chi connectivity index (χ2v) is 11.7. The van der Waals surface area contributed by atoms with Crippen LogP contribution in [0.1, 0.15) is 97.8 Å². The number of hydrogen-bond donors (Lipinski definition) is 1. The summed E-state index contributed by atoms with van der Waals surface area (Å²) >= 11 is 0. The van der Waals surface area contributed by atoms with Crippen molar-refractivity contribution in [3.8, 4) is 23.0 Å². The number of aliphatic hydroxyl groups is 1. The van der Waals surface area contributed by atoms with Crippen LogP contribution in [0.2, 0.25) is 0 Å². The Morgan fingerprint density at radius 1 is 0.644 bits per heavy atom. The zero-order chi connectivity index (χ0) is 32.7. The van der Waals surface area contributed by atoms with E-state index in [1.54, 1.807) is 12.1 Å². The summed E-state index contributed by atoms with van der Waals surface area (Å²) in [6.07, 6.45) is 8.08. The molecule has 10 heteroatoms. The van der Waals surface area contributed by atoms with Crippen molar-refractivity contribution < 1.29 is 48.0 Å². The Labute approximate surface area is 265 Å². The van der Waals surface area contributed by atoms with Crippen LogP contribution >= 0.6 is 0 Å². The summed E-state index contributed by atoms with van der Waals surface area (Å²) in [7, 11) is 0. The SMILES string of the molecule is CCCCCCOC(=O)Oc1ccc(OC(=O)C2CCC(C(=O)Oc3ccc(OC(=O)C(C)(O)CCCCC)cc3)CC2)cc1. The van der Waals surface area contributed by atoms with Gasteiger partial charge >= 0.3 is 24.1 Å². The van der Waals surface area contributed by atoms with Gasteiger partial charge in [-0.15, -0.1) is 0 Å². The van der Waals surface area contributed by atoms with Gasteiger partial charge in [0.15, 0.2) is 5.60 Å². The number of carbonyl (C=O) groups is 4. The Bertz CT molecular complexity index is 1230. The number of esters is 3. The van der Waals surface area contributed by atoms with Crippen molar-refractivity contribution in [1.29, 1.82) is 0 Å². The lowest BCUT2D eigenvalue weighted by Gasteiger charge is -2.25. The summed E-state index contributed by atoms with van der Waals surface area (Å²) in [5.41, 5.74) is -1.57. The molecule has 1 aliphatic carbocycles. The fourth-order valence-electron chi connectivity index (χ4n) is 4.96. The lowest BCUT2D eigenvalue weighted by molar-refractivity contribution is -0.154. The molecule has 0 spiro atoms. The molecule has 1 saturated carbocycles. The molecule has 3 rings (SSSR count). The van der Waals surface area contributed by atoms with Gasteiger partial charge in [-0.05, 0) is 100 Å². The van der Waals surface area contributed by atoms with Gasteiger partial charge < -0.3 is 28.8 Å². The van der Waals surface area contributed by atoms with E-state index >= 15 is 0 Å². The van der Waals surface area contributed by atoms with E-state index < -0.39 is 17.7 Å². The van der Waals surface area contributed by atoms with Gasteiger partial charge in [-0.25, -0.2) is 9.59 Å². The van der Waals surface area contributed by atoms with Crippen LogP contribution in [-0.4, -0.2) is 41.4 Å². The van der Waals surface area contributed by atoms with E-state index in [9.17, 15) is 24.3 Å². The van der Waals surface area contributed by atoms with Crippen molar-refractivity contribution in [3.05, 3.63) is 48.5 Å². The molecule has 0 aliphatic heterocycles. The minimum Gasteiger partial charge on any atom is -0.434 e. The van der Waals surface area contributed by atoms with Gasteiger partial charge in [0.2, 0.25) is 0 Å². The van der Waals surface area contributed by atoms with Gasteiger partial charge in [0.1, 0.15) is 23.0 Å². The predicted molar refractivity (Wildman–Crippen MR) is 166 cm³/mol. The average Bonchev–Trinajstić information content (AvgIpc) is 3.03. The molecule has 0 heterocycles. The molecule has 246 valence electrons. The topological polar surface area (TPSA) is 135 Å². The predicted octanol–water partition coefficient (Wildman–Crippen LogP) is 7.34. The first kappa shape index (κ1) is 35.6. The Morgan fingerprint density at radius 3 is 1.53 bits per heavy atom. The van der Waals surface area contributed by atoms with Crippen molar-refractivity contribution in [2.24, 2.45) is 11.8 Å². The number of rotatable bonds is 16. The number of carbonyl (C=O) groups excluding carboxylic acids is 4. The molecule has 0 bridgehead atoms. The van der Waals surface area contributed by atoms with Gasteiger partial charge in [-0.3, -0.25) is 9.59 Å². The van der Waals surface area contributed by atoms with E-state index in [1.807, 2.05) is 6.92 Å². The summed E-state index contributed by atoms with van der Waals surface area (Å²) in [5.74, 6) is -1.03. The van der Waals surface area contributed by atoms with E-state index in [-0.39, 0.29) is 35.3 Å². The third kappa shape index (κ3) is 12.2. The van der Waals surface area contributed by atoms with Crippen LogP contribution in [0, 0.1) is 11.8 Å². The van der Waals surface area contributed by atoms with Crippen LogP contribution in [0.25, 0.3) is 0 Å². The van der Waals surface area contributed by atoms with Crippen LogP contribution in [0.5, 0.6) is 23.0 Å². The molecule has 45 heavy (non-hydrogen) atoms. The molecule has 1 unspecified atom stereocenters. The molecular weight excluding hydrogens is 580 g/mol. The second-order valence-electron chi connectivity index (χ2n) is 11.7. The minimum atomic E-state index is -1.57. The van der Waals surface area contributed by atoms with E-state index in [1.165, 1.54) is 43.3 Å². The summed E-state index contributed by atoms with van der Waals surface area (Å²) in [4.78, 5) is 49.7. The number of benzene rings is 2. The monoisotopic (exact) mass is 626 g/mol. The zero-order valence-electron chi connectivity index (χ0n) is 26.6. The van der Waals surface area contributed by atoms with E-state index in [0.717, 1.165) is 44.9 Å². The van der Waals surface area contributed by atoms with E-state index in [0.29, 0.717) is 50.2 Å². The quantitative estimate of drug-likeness (QED) is 0.0873. The van der Waals surface area contributed by atoms with Gasteiger partial charge in [0.05, 0.1) is 18.4 Å². The van der Waals surface area contributed by atoms with Gasteiger partial charge in [-0.1, -0.05) is 46.0 Å². The highest BCUT2D eigenvalue weighted by molar-refractivity contribution is 5.81. The Hall–Kier alpha value is -3.92. The van der Waals surface area contributed by atoms with Crippen molar-refractivity contribution in [1.82, 2.24) is 0 Å². The number of ether oxygens (including phenoxy) is 5. The third-order valence-electron chi connectivity index (χ3n) is 7.81. The smallest absolute Gasteiger partial charge is 0.434 e. The molecule has 10 nitrogen and oxygen atoms in total. The average molecular weight is 627 g/mol. The summed E-state index contributed by atoms with van der Waals surface area (Å²) in [6.45, 7) is 5.91. The maximum atomic E-state index is 12.8. The molecule has 1 aliphatic rings. The number of unbranched alkanes of at least 4 members (excludes halogenated alkanes) is 5. The number of hydrogen-bond acceptors (Lipinski definition) is 10. The van der Waals surface area contributed by atoms with Crippen LogP contribution in [-0.2, 0) is 19.1 Å². The molecule has 0 amide bonds. The third-order valence-corrected chi connectivity index (χ3v) is 7.81. The van der Waals surface area contributed by atoms with Crippen molar-refractivity contribution in [2.45, 2.75) is 103 Å². The first-order chi connectivity index (χ1) is 21.6. The largest absolute Gasteiger partial charge is 0.513 e. The van der Waals surface area contributed by atoms with E-state index in [4.69, 9.17) is 23.7 Å². The maximum absolute atomic E-state index is 12.8. The van der Waals surface area contributed by atoms with E-state index in [2.05, 4.69) is 6.92 Å². The normalized spacial score (nSPS) is 17.4. The van der Waals surface area contributed by atoms with Crippen molar-refractivity contribution in [2.75, 3.05) is 6.61 Å². The molecule has 0 radical (unpaired) electrons. The van der Waals surface area contributed by atoms with Gasteiger partial charge in [-0.2, -0.15) is 0 Å². The highest BCUT2D eigenvalue weighted by atomic mass is 16.7. The zero-order valence-corrected chi connectivity index (χ0v) is 26.6. The fraction of sp³-hybridized carbons (Fsp3) is 0.543. The molecule has 1 fully saturated rings. The first-order valence-electron chi connectivity index (χ1n) is 16.0. The Morgan fingerprint density at radius 2 is 1.07 bits per heavy atom. The minimum absolute atomic E-state index is 0.243.